The number of hydrogen-bond donors (Lipinski definition) is 2. The number of carbonyl (C=O) groups is 2. The lowest BCUT2D eigenvalue weighted by Crippen LogP contribution is -2.48. The number of benzene rings is 2. The van der Waals surface area contributed by atoms with Crippen molar-refractivity contribution in [1.82, 2.24) is 10.7 Å². The van der Waals surface area contributed by atoms with Crippen LogP contribution in [0, 0.1) is 16.4 Å². The van der Waals surface area contributed by atoms with Gasteiger partial charge in [-0.25, -0.2) is 5.43 Å². The van der Waals surface area contributed by atoms with Crippen LogP contribution < -0.4 is 20.2 Å². The van der Waals surface area contributed by atoms with Gasteiger partial charge in [0.25, 0.3) is 11.8 Å². The highest BCUT2D eigenvalue weighted by Gasteiger charge is 2.24. The van der Waals surface area contributed by atoms with Crippen LogP contribution in [-0.4, -0.2) is 37.3 Å². The van der Waals surface area contributed by atoms with Crippen LogP contribution in [0.4, 0.5) is 0 Å². The molecule has 0 aliphatic carbocycles. The van der Waals surface area contributed by atoms with Gasteiger partial charge in [0.1, 0.15) is 6.04 Å². The Morgan fingerprint density at radius 3 is 2.34 bits per heavy atom. The smallest absolute Gasteiger partial charge is 0.262 e. The first kappa shape index (κ1) is 25.6. The van der Waals surface area contributed by atoms with E-state index in [1.54, 1.807) is 12.1 Å². The number of ether oxygens (including phenoxy) is 2. The lowest BCUT2D eigenvalue weighted by Gasteiger charge is -2.20. The highest BCUT2D eigenvalue weighted by Crippen LogP contribution is 2.33. The molecule has 7 nitrogen and oxygen atoms in total. The van der Waals surface area contributed by atoms with Crippen LogP contribution in [0.15, 0.2) is 41.5 Å². The highest BCUT2D eigenvalue weighted by atomic mass is 127. The maximum Gasteiger partial charge on any atom is 0.262 e. The average molecular weight is 551 g/mol. The molecule has 1 atom stereocenters. The van der Waals surface area contributed by atoms with Crippen LogP contribution >= 0.6 is 22.6 Å². The number of hydrazone groups is 1. The lowest BCUT2D eigenvalue weighted by atomic mass is 10.0. The monoisotopic (exact) mass is 551 g/mol. The molecular weight excluding hydrogens is 521 g/mol. The molecule has 0 spiro atoms. The van der Waals surface area contributed by atoms with Crippen LogP contribution in [0.3, 0.4) is 0 Å². The lowest BCUT2D eigenvalue weighted by molar-refractivity contribution is -0.123. The normalized spacial score (nSPS) is 12.0. The zero-order valence-corrected chi connectivity index (χ0v) is 21.2. The fraction of sp³-hybridized carbons (Fsp3) is 0.375. The minimum Gasteiger partial charge on any atom is -0.490 e. The Kier molecular flexibility index (Phi) is 9.96. The molecule has 0 bridgehead atoms. The summed E-state index contributed by atoms with van der Waals surface area (Å²) in [4.78, 5) is 25.2. The van der Waals surface area contributed by atoms with E-state index in [1.807, 2.05) is 58.9 Å². The molecule has 0 saturated heterocycles. The summed E-state index contributed by atoms with van der Waals surface area (Å²) in [6.07, 6.45) is 1.54. The molecule has 2 aromatic carbocycles. The van der Waals surface area contributed by atoms with Gasteiger partial charge in [-0.1, -0.05) is 31.5 Å². The van der Waals surface area contributed by atoms with E-state index in [1.165, 1.54) is 6.21 Å². The standard InChI is InChI=1S/C24H30IN3O4/c1-6-31-20-13-17(12-19(25)22(20)32-7-2)14-26-28-24(30)21(15(3)4)27-23(29)18-10-8-16(5)9-11-18/h8-15,21H,6-7H2,1-5H3,(H,27,29)(H,28,30)/b26-14+. The Bertz CT molecular complexity index is 958. The molecule has 0 heterocycles. The first-order valence-corrected chi connectivity index (χ1v) is 11.6. The maximum absolute atomic E-state index is 12.7. The minimum absolute atomic E-state index is 0.115. The van der Waals surface area contributed by atoms with Gasteiger partial charge in [0.15, 0.2) is 11.5 Å². The minimum atomic E-state index is -0.722. The van der Waals surface area contributed by atoms with E-state index < -0.39 is 6.04 Å². The Morgan fingerprint density at radius 2 is 1.75 bits per heavy atom. The molecule has 0 saturated carbocycles. The van der Waals surface area contributed by atoms with Gasteiger partial charge in [0, 0.05) is 5.56 Å². The number of nitrogens with one attached hydrogen (secondary N) is 2. The number of rotatable bonds is 10. The first-order chi connectivity index (χ1) is 15.3. The molecule has 2 rings (SSSR count). The summed E-state index contributed by atoms with van der Waals surface area (Å²) in [6, 6.07) is 10.2. The fourth-order valence-electron chi connectivity index (χ4n) is 2.91. The van der Waals surface area contributed by atoms with Crippen molar-refractivity contribution in [3.63, 3.8) is 0 Å². The molecule has 0 radical (unpaired) electrons. The Balaban J connectivity index is 2.09. The van der Waals surface area contributed by atoms with Crippen molar-refractivity contribution in [3.05, 3.63) is 56.7 Å². The third-order valence-electron chi connectivity index (χ3n) is 4.56. The molecule has 32 heavy (non-hydrogen) atoms. The molecule has 0 aliphatic heterocycles. The van der Waals surface area contributed by atoms with Gasteiger partial charge < -0.3 is 14.8 Å². The second-order valence-corrected chi connectivity index (χ2v) is 8.65. The largest absolute Gasteiger partial charge is 0.490 e. The maximum atomic E-state index is 12.7. The quantitative estimate of drug-likeness (QED) is 0.262. The molecule has 0 aliphatic rings. The van der Waals surface area contributed by atoms with Crippen LogP contribution in [0.25, 0.3) is 0 Å². The number of nitrogens with zero attached hydrogens (tertiary/aromatic N) is 1. The summed E-state index contributed by atoms with van der Waals surface area (Å²) in [7, 11) is 0. The predicted octanol–water partition coefficient (Wildman–Crippen LogP) is 4.30. The van der Waals surface area contributed by atoms with E-state index >= 15 is 0 Å². The molecular formula is C24H30IN3O4. The van der Waals surface area contributed by atoms with E-state index in [9.17, 15) is 9.59 Å². The van der Waals surface area contributed by atoms with Gasteiger partial charge in [-0.05, 0) is 79.1 Å². The van der Waals surface area contributed by atoms with Gasteiger partial charge in [0.2, 0.25) is 0 Å². The summed E-state index contributed by atoms with van der Waals surface area (Å²) in [5, 5.41) is 6.87. The van der Waals surface area contributed by atoms with Crippen LogP contribution in [0.1, 0.15) is 49.2 Å². The number of carbonyl (C=O) groups excluding carboxylic acids is 2. The topological polar surface area (TPSA) is 89.0 Å². The molecule has 8 heteroatoms. The highest BCUT2D eigenvalue weighted by molar-refractivity contribution is 14.1. The molecule has 2 aromatic rings. The molecule has 2 amide bonds. The number of halogens is 1. The summed E-state index contributed by atoms with van der Waals surface area (Å²) in [5.74, 6) is 0.512. The first-order valence-electron chi connectivity index (χ1n) is 10.6. The Hall–Kier alpha value is -2.62. The second kappa shape index (κ2) is 12.4. The van der Waals surface area contributed by atoms with Gasteiger partial charge >= 0.3 is 0 Å². The molecule has 0 aromatic heterocycles. The number of aryl methyl sites for hydroxylation is 1. The van der Waals surface area contributed by atoms with Crippen LogP contribution in [0.5, 0.6) is 11.5 Å². The Morgan fingerprint density at radius 1 is 1.09 bits per heavy atom. The van der Waals surface area contributed by atoms with E-state index in [2.05, 4.69) is 38.4 Å². The van der Waals surface area contributed by atoms with Crippen molar-refractivity contribution < 1.29 is 19.1 Å². The summed E-state index contributed by atoms with van der Waals surface area (Å²) in [6.45, 7) is 10.5. The molecule has 172 valence electrons. The van der Waals surface area contributed by atoms with Crippen molar-refractivity contribution >= 4 is 40.6 Å². The fourth-order valence-corrected chi connectivity index (χ4v) is 3.70. The molecule has 1 unspecified atom stereocenters. The second-order valence-electron chi connectivity index (χ2n) is 7.49. The van der Waals surface area contributed by atoms with E-state index in [4.69, 9.17) is 9.47 Å². The van der Waals surface area contributed by atoms with Crippen molar-refractivity contribution in [2.24, 2.45) is 11.0 Å². The third kappa shape index (κ3) is 7.22. The van der Waals surface area contributed by atoms with E-state index in [0.29, 0.717) is 30.3 Å². The van der Waals surface area contributed by atoms with Crippen molar-refractivity contribution in [1.29, 1.82) is 0 Å². The number of amides is 2. The zero-order chi connectivity index (χ0) is 23.7. The zero-order valence-electron chi connectivity index (χ0n) is 19.1. The van der Waals surface area contributed by atoms with Crippen LogP contribution in [0.2, 0.25) is 0 Å². The van der Waals surface area contributed by atoms with E-state index in [-0.39, 0.29) is 17.7 Å². The summed E-state index contributed by atoms with van der Waals surface area (Å²) < 4.78 is 12.2. The SMILES string of the molecule is CCOc1cc(/C=N/NC(=O)C(NC(=O)c2ccc(C)cc2)C(C)C)cc(I)c1OCC. The van der Waals surface area contributed by atoms with Gasteiger partial charge in [0.05, 0.1) is 23.0 Å². The van der Waals surface area contributed by atoms with Gasteiger partial charge in [-0.3, -0.25) is 9.59 Å². The average Bonchev–Trinajstić information content (AvgIpc) is 2.74. The summed E-state index contributed by atoms with van der Waals surface area (Å²) in [5.41, 5.74) is 4.85. The van der Waals surface area contributed by atoms with Gasteiger partial charge in [-0.2, -0.15) is 5.10 Å². The third-order valence-corrected chi connectivity index (χ3v) is 5.36. The van der Waals surface area contributed by atoms with Gasteiger partial charge in [-0.15, -0.1) is 0 Å². The van der Waals surface area contributed by atoms with Crippen molar-refractivity contribution in [2.45, 2.75) is 40.7 Å². The molecule has 2 N–H and O–H groups in total. The van der Waals surface area contributed by atoms with Crippen LogP contribution in [-0.2, 0) is 4.79 Å². The van der Waals surface area contributed by atoms with Crippen molar-refractivity contribution in [3.8, 4) is 11.5 Å². The van der Waals surface area contributed by atoms with Crippen molar-refractivity contribution in [2.75, 3.05) is 13.2 Å². The summed E-state index contributed by atoms with van der Waals surface area (Å²) >= 11 is 2.18. The Labute approximate surface area is 203 Å². The predicted molar refractivity (Wildman–Crippen MR) is 135 cm³/mol. The molecule has 0 fully saturated rings. The number of hydrogen-bond acceptors (Lipinski definition) is 5. The van der Waals surface area contributed by atoms with E-state index in [0.717, 1.165) is 14.7 Å².